The standard InChI is InChI=1S/C18H21N3OS/c22-18(16-12-23-13-19-16)21-10-15-9-20(17(15)11-21)8-4-7-14-5-2-1-3-6-14/h1-3,5-6,12-13,15,17H,4,7-11H2/t15-,17-/m0/s1. The second kappa shape index (κ2) is 6.42. The molecule has 2 aliphatic rings. The fourth-order valence-corrected chi connectivity index (χ4v) is 4.31. The van der Waals surface area contributed by atoms with Crippen molar-refractivity contribution in [2.24, 2.45) is 5.92 Å². The summed E-state index contributed by atoms with van der Waals surface area (Å²) in [6.45, 7) is 4.04. The third-order valence-corrected chi connectivity index (χ3v) is 5.62. The Morgan fingerprint density at radius 2 is 2.09 bits per heavy atom. The van der Waals surface area contributed by atoms with Crippen LogP contribution in [0.15, 0.2) is 41.2 Å². The molecule has 0 bridgehead atoms. The highest BCUT2D eigenvalue weighted by Gasteiger charge is 2.46. The van der Waals surface area contributed by atoms with Gasteiger partial charge in [0.1, 0.15) is 5.69 Å². The van der Waals surface area contributed by atoms with Gasteiger partial charge < -0.3 is 4.90 Å². The number of hydrogen-bond donors (Lipinski definition) is 0. The Kier molecular flexibility index (Phi) is 4.14. The average molecular weight is 327 g/mol. The fraction of sp³-hybridized carbons (Fsp3) is 0.444. The predicted octanol–water partition coefficient (Wildman–Crippen LogP) is 2.53. The number of benzene rings is 1. The van der Waals surface area contributed by atoms with Crippen LogP contribution in [0.25, 0.3) is 0 Å². The van der Waals surface area contributed by atoms with Gasteiger partial charge in [0.05, 0.1) is 5.51 Å². The number of rotatable bonds is 5. The van der Waals surface area contributed by atoms with Crippen LogP contribution in [0.4, 0.5) is 0 Å². The maximum atomic E-state index is 12.4. The number of thiazole rings is 1. The summed E-state index contributed by atoms with van der Waals surface area (Å²) < 4.78 is 0. The van der Waals surface area contributed by atoms with Crippen LogP contribution in [0.5, 0.6) is 0 Å². The Hall–Kier alpha value is -1.72. The fourth-order valence-electron chi connectivity index (χ4n) is 3.78. The molecule has 0 N–H and O–H groups in total. The summed E-state index contributed by atoms with van der Waals surface area (Å²) in [6, 6.07) is 11.2. The molecule has 0 saturated carbocycles. The van der Waals surface area contributed by atoms with E-state index in [4.69, 9.17) is 0 Å². The zero-order valence-electron chi connectivity index (χ0n) is 13.1. The number of fused-ring (bicyclic) bond motifs is 1. The summed E-state index contributed by atoms with van der Waals surface area (Å²) in [7, 11) is 0. The minimum Gasteiger partial charge on any atom is -0.335 e. The molecule has 0 unspecified atom stereocenters. The number of carbonyl (C=O) groups is 1. The first-order valence-corrected chi connectivity index (χ1v) is 9.21. The molecule has 120 valence electrons. The van der Waals surface area contributed by atoms with Gasteiger partial charge in [-0.2, -0.15) is 0 Å². The highest BCUT2D eigenvalue weighted by Crippen LogP contribution is 2.33. The maximum Gasteiger partial charge on any atom is 0.273 e. The van der Waals surface area contributed by atoms with E-state index in [1.54, 1.807) is 5.51 Å². The molecule has 2 fully saturated rings. The van der Waals surface area contributed by atoms with E-state index < -0.39 is 0 Å². The zero-order valence-corrected chi connectivity index (χ0v) is 13.9. The van der Waals surface area contributed by atoms with E-state index in [0.29, 0.717) is 17.7 Å². The van der Waals surface area contributed by atoms with Crippen LogP contribution in [0.1, 0.15) is 22.5 Å². The molecule has 4 nitrogen and oxygen atoms in total. The molecular formula is C18H21N3OS. The summed E-state index contributed by atoms with van der Waals surface area (Å²) in [5, 5.41) is 1.85. The molecule has 2 saturated heterocycles. The molecule has 5 heteroatoms. The SMILES string of the molecule is O=C(c1cscn1)N1C[C@@H]2CN(CCCc3ccccc3)[C@H]2C1. The van der Waals surface area contributed by atoms with E-state index in [1.807, 2.05) is 10.3 Å². The molecule has 4 rings (SSSR count). The van der Waals surface area contributed by atoms with Crippen molar-refractivity contribution in [1.82, 2.24) is 14.8 Å². The minimum absolute atomic E-state index is 0.102. The number of carbonyl (C=O) groups excluding carboxylic acids is 1. The third kappa shape index (κ3) is 3.03. The number of amides is 1. The first-order valence-electron chi connectivity index (χ1n) is 8.27. The van der Waals surface area contributed by atoms with Gasteiger partial charge in [-0.25, -0.2) is 4.98 Å². The van der Waals surface area contributed by atoms with Crippen molar-refractivity contribution in [1.29, 1.82) is 0 Å². The average Bonchev–Trinajstić information content (AvgIpc) is 3.20. The second-order valence-electron chi connectivity index (χ2n) is 6.50. The van der Waals surface area contributed by atoms with Gasteiger partial charge in [-0.05, 0) is 24.9 Å². The van der Waals surface area contributed by atoms with Crippen LogP contribution in [0, 0.1) is 5.92 Å². The van der Waals surface area contributed by atoms with Crippen molar-refractivity contribution in [2.45, 2.75) is 18.9 Å². The van der Waals surface area contributed by atoms with Crippen LogP contribution in [-0.4, -0.2) is 52.9 Å². The number of likely N-dealkylation sites (tertiary alicyclic amines) is 2. The first kappa shape index (κ1) is 14.8. The zero-order chi connectivity index (χ0) is 15.6. The highest BCUT2D eigenvalue weighted by atomic mass is 32.1. The van der Waals surface area contributed by atoms with Gasteiger partial charge in [0, 0.05) is 37.0 Å². The molecule has 2 atom stereocenters. The van der Waals surface area contributed by atoms with E-state index >= 15 is 0 Å². The van der Waals surface area contributed by atoms with Crippen LogP contribution in [-0.2, 0) is 6.42 Å². The predicted molar refractivity (Wildman–Crippen MR) is 91.6 cm³/mol. The van der Waals surface area contributed by atoms with Crippen molar-refractivity contribution in [2.75, 3.05) is 26.2 Å². The molecular weight excluding hydrogens is 306 g/mol. The Morgan fingerprint density at radius 3 is 2.87 bits per heavy atom. The Bertz CT molecular complexity index is 658. The lowest BCUT2D eigenvalue weighted by molar-refractivity contribution is 0.0505. The van der Waals surface area contributed by atoms with E-state index in [1.165, 1.54) is 23.3 Å². The molecule has 0 radical (unpaired) electrons. The Balaban J connectivity index is 1.26. The quantitative estimate of drug-likeness (QED) is 0.847. The third-order valence-electron chi connectivity index (χ3n) is 5.04. The summed E-state index contributed by atoms with van der Waals surface area (Å²) in [5.41, 5.74) is 3.75. The minimum atomic E-state index is 0.102. The number of nitrogens with zero attached hydrogens (tertiary/aromatic N) is 3. The van der Waals surface area contributed by atoms with Crippen molar-refractivity contribution in [3.8, 4) is 0 Å². The van der Waals surface area contributed by atoms with Gasteiger partial charge in [-0.3, -0.25) is 9.69 Å². The number of aryl methyl sites for hydroxylation is 1. The lowest BCUT2D eigenvalue weighted by atomic mass is 9.91. The smallest absolute Gasteiger partial charge is 0.273 e. The summed E-state index contributed by atoms with van der Waals surface area (Å²) in [6.07, 6.45) is 2.32. The number of aromatic nitrogens is 1. The Labute approximate surface area is 140 Å². The molecule has 2 aromatic rings. The summed E-state index contributed by atoms with van der Waals surface area (Å²) in [5.74, 6) is 0.763. The van der Waals surface area contributed by atoms with E-state index in [0.717, 1.165) is 32.6 Å². The van der Waals surface area contributed by atoms with Gasteiger partial charge >= 0.3 is 0 Å². The molecule has 1 aromatic heterocycles. The van der Waals surface area contributed by atoms with Gasteiger partial charge in [0.15, 0.2) is 0 Å². The van der Waals surface area contributed by atoms with Crippen molar-refractivity contribution in [3.63, 3.8) is 0 Å². The molecule has 0 aliphatic carbocycles. The molecule has 23 heavy (non-hydrogen) atoms. The maximum absolute atomic E-state index is 12.4. The van der Waals surface area contributed by atoms with E-state index in [9.17, 15) is 4.79 Å². The largest absolute Gasteiger partial charge is 0.335 e. The molecule has 0 spiro atoms. The van der Waals surface area contributed by atoms with Gasteiger partial charge in [0.25, 0.3) is 5.91 Å². The molecule has 1 amide bonds. The topological polar surface area (TPSA) is 36.4 Å². The summed E-state index contributed by atoms with van der Waals surface area (Å²) >= 11 is 1.48. The normalized spacial score (nSPS) is 23.6. The monoisotopic (exact) mass is 327 g/mol. The van der Waals surface area contributed by atoms with Crippen LogP contribution in [0.3, 0.4) is 0 Å². The van der Waals surface area contributed by atoms with Crippen molar-refractivity contribution < 1.29 is 4.79 Å². The molecule has 1 aromatic carbocycles. The van der Waals surface area contributed by atoms with Crippen LogP contribution < -0.4 is 0 Å². The lowest BCUT2D eigenvalue weighted by Gasteiger charge is -2.43. The molecule has 3 heterocycles. The van der Waals surface area contributed by atoms with Gasteiger partial charge in [0.2, 0.25) is 0 Å². The van der Waals surface area contributed by atoms with E-state index in [-0.39, 0.29) is 5.91 Å². The van der Waals surface area contributed by atoms with E-state index in [2.05, 4.69) is 40.2 Å². The van der Waals surface area contributed by atoms with Gasteiger partial charge in [-0.1, -0.05) is 30.3 Å². The van der Waals surface area contributed by atoms with Crippen LogP contribution >= 0.6 is 11.3 Å². The lowest BCUT2D eigenvalue weighted by Crippen LogP contribution is -2.55. The number of hydrogen-bond acceptors (Lipinski definition) is 4. The van der Waals surface area contributed by atoms with Crippen LogP contribution in [0.2, 0.25) is 0 Å². The second-order valence-corrected chi connectivity index (χ2v) is 7.21. The first-order chi connectivity index (χ1) is 11.3. The molecule has 2 aliphatic heterocycles. The summed E-state index contributed by atoms with van der Waals surface area (Å²) in [4.78, 5) is 21.1. The highest BCUT2D eigenvalue weighted by molar-refractivity contribution is 7.07. The van der Waals surface area contributed by atoms with Crippen molar-refractivity contribution in [3.05, 3.63) is 52.5 Å². The van der Waals surface area contributed by atoms with Gasteiger partial charge in [-0.15, -0.1) is 11.3 Å². The Morgan fingerprint density at radius 1 is 1.22 bits per heavy atom. The van der Waals surface area contributed by atoms with Crippen molar-refractivity contribution >= 4 is 17.2 Å².